The number of benzene rings is 2. The van der Waals surface area contributed by atoms with Crippen molar-refractivity contribution in [2.45, 2.75) is 61.4 Å². The van der Waals surface area contributed by atoms with Gasteiger partial charge in [-0.25, -0.2) is 0 Å². The van der Waals surface area contributed by atoms with Gasteiger partial charge in [0.2, 0.25) is 17.5 Å². The highest BCUT2D eigenvalue weighted by Gasteiger charge is 2.51. The number of rotatable bonds is 8. The number of hydrogen-bond donors (Lipinski definition) is 10. The third kappa shape index (κ3) is 5.98. The maximum atomic E-state index is 13.9. The van der Waals surface area contributed by atoms with Crippen LogP contribution in [0, 0.1) is 0 Å². The normalized spacial score (nSPS) is 32.0. The first kappa shape index (κ1) is 32.6. The first-order valence-corrected chi connectivity index (χ1v) is 13.5. The minimum Gasteiger partial charge on any atom is -0.507 e. The molecule has 0 spiro atoms. The van der Waals surface area contributed by atoms with Crippen molar-refractivity contribution in [3.63, 3.8) is 0 Å². The second-order valence-electron chi connectivity index (χ2n) is 10.4. The number of aliphatic hydroxyl groups excluding tert-OH is 7. The minimum absolute atomic E-state index is 0.0249. The zero-order chi connectivity index (χ0) is 32.7. The molecule has 10 N–H and O–H groups in total. The van der Waals surface area contributed by atoms with Crippen molar-refractivity contribution in [1.29, 1.82) is 0 Å². The fourth-order valence-corrected chi connectivity index (χ4v) is 5.08. The molecule has 0 amide bonds. The standard InChI is InChI=1S/C28H32O17/c1-40-10-5-13(33)17-14(6-10)41-24(9-2-3-11(31)12(32)4-9)25(20(17)36)44-28-26(22(38)19(35)16(8-30)43-28)45-27-23(39)21(37)18(34)15(7-29)42-27/h2-6,15-16,18-19,21-23,26-35,37-39H,7-8H2,1H3/t15-,16-,18-,19-,21+,22+,23-,26-,27-,28-/m1/s1. The van der Waals surface area contributed by atoms with Gasteiger partial charge in [-0.05, 0) is 18.2 Å². The summed E-state index contributed by atoms with van der Waals surface area (Å²) in [4.78, 5) is 13.9. The molecule has 2 aliphatic rings. The molecule has 0 aliphatic carbocycles. The summed E-state index contributed by atoms with van der Waals surface area (Å²) in [5.41, 5.74) is -1.22. The molecular formula is C28H32O17. The maximum Gasteiger partial charge on any atom is 0.239 e. The Morgan fingerprint density at radius 2 is 1.40 bits per heavy atom. The lowest BCUT2D eigenvalue weighted by atomic mass is 9.97. The van der Waals surface area contributed by atoms with Crippen molar-refractivity contribution in [2.75, 3.05) is 20.3 Å². The summed E-state index contributed by atoms with van der Waals surface area (Å²) in [6.45, 7) is -1.66. The average Bonchev–Trinajstić information content (AvgIpc) is 3.02. The molecule has 5 rings (SSSR count). The first-order valence-electron chi connectivity index (χ1n) is 13.5. The van der Waals surface area contributed by atoms with Crippen LogP contribution in [-0.4, -0.2) is 133 Å². The third-order valence-corrected chi connectivity index (χ3v) is 7.58. The lowest BCUT2D eigenvalue weighted by Gasteiger charge is -2.45. The molecule has 2 aliphatic heterocycles. The van der Waals surface area contributed by atoms with Gasteiger partial charge in [0.25, 0.3) is 0 Å². The van der Waals surface area contributed by atoms with Crippen LogP contribution in [0.25, 0.3) is 22.3 Å². The highest BCUT2D eigenvalue weighted by molar-refractivity contribution is 5.88. The largest absolute Gasteiger partial charge is 0.507 e. The number of ether oxygens (including phenoxy) is 5. The SMILES string of the molecule is COc1cc(O)c2c(=O)c(O[C@H]3O[C@H](CO)[C@@H](O)[C@H](O)[C@H]3O[C@H]3O[C@H](CO)[C@@H](O)[C@H](O)[C@H]3O)c(-c3ccc(O)c(O)c3)oc2c1. The Morgan fingerprint density at radius 1 is 0.756 bits per heavy atom. The molecule has 17 heteroatoms. The van der Waals surface area contributed by atoms with E-state index in [9.17, 15) is 55.9 Å². The third-order valence-electron chi connectivity index (χ3n) is 7.58. The van der Waals surface area contributed by atoms with Crippen molar-refractivity contribution >= 4 is 11.0 Å². The molecule has 2 saturated heterocycles. The van der Waals surface area contributed by atoms with Gasteiger partial charge in [0.1, 0.15) is 65.2 Å². The van der Waals surface area contributed by atoms with Crippen LogP contribution in [0.2, 0.25) is 0 Å². The highest BCUT2D eigenvalue weighted by atomic mass is 16.8. The van der Waals surface area contributed by atoms with Crippen molar-refractivity contribution in [3.8, 4) is 40.1 Å². The van der Waals surface area contributed by atoms with Crippen molar-refractivity contribution in [2.24, 2.45) is 0 Å². The van der Waals surface area contributed by atoms with E-state index in [4.69, 9.17) is 28.1 Å². The van der Waals surface area contributed by atoms with Crippen LogP contribution in [0.15, 0.2) is 39.5 Å². The van der Waals surface area contributed by atoms with Gasteiger partial charge in [-0.3, -0.25) is 4.79 Å². The minimum atomic E-state index is -1.96. The number of hydrogen-bond acceptors (Lipinski definition) is 17. The Labute approximate surface area is 252 Å². The van der Waals surface area contributed by atoms with Crippen LogP contribution >= 0.6 is 0 Å². The molecule has 17 nitrogen and oxygen atoms in total. The van der Waals surface area contributed by atoms with Crippen LogP contribution in [0.5, 0.6) is 28.7 Å². The van der Waals surface area contributed by atoms with Crippen molar-refractivity contribution < 1.29 is 79.2 Å². The van der Waals surface area contributed by atoms with E-state index in [-0.39, 0.29) is 28.0 Å². The summed E-state index contributed by atoms with van der Waals surface area (Å²) >= 11 is 0. The zero-order valence-corrected chi connectivity index (χ0v) is 23.4. The van der Waals surface area contributed by atoms with Gasteiger partial charge in [-0.15, -0.1) is 0 Å². The fourth-order valence-electron chi connectivity index (χ4n) is 5.08. The van der Waals surface area contributed by atoms with Gasteiger partial charge < -0.3 is 79.2 Å². The quantitative estimate of drug-likeness (QED) is 0.115. The zero-order valence-electron chi connectivity index (χ0n) is 23.4. The van der Waals surface area contributed by atoms with Crippen molar-refractivity contribution in [3.05, 3.63) is 40.6 Å². The van der Waals surface area contributed by atoms with E-state index in [1.807, 2.05) is 0 Å². The monoisotopic (exact) mass is 640 g/mol. The maximum absolute atomic E-state index is 13.9. The van der Waals surface area contributed by atoms with Crippen LogP contribution in [0.3, 0.4) is 0 Å². The molecule has 0 saturated carbocycles. The second kappa shape index (κ2) is 12.9. The summed E-state index contributed by atoms with van der Waals surface area (Å²) < 4.78 is 33.5. The van der Waals surface area contributed by atoms with E-state index < -0.39 is 103 Å². The summed E-state index contributed by atoms with van der Waals surface area (Å²) in [5.74, 6) is -2.65. The van der Waals surface area contributed by atoms with Gasteiger partial charge >= 0.3 is 0 Å². The fraction of sp³-hybridized carbons (Fsp3) is 0.464. The van der Waals surface area contributed by atoms with E-state index in [2.05, 4.69) is 0 Å². The summed E-state index contributed by atoms with van der Waals surface area (Å²) in [6.07, 6.45) is -17.9. The molecule has 0 radical (unpaired) electrons. The van der Waals surface area contributed by atoms with E-state index in [1.54, 1.807) is 0 Å². The van der Waals surface area contributed by atoms with Gasteiger partial charge in [-0.2, -0.15) is 0 Å². The predicted molar refractivity (Wildman–Crippen MR) is 146 cm³/mol. The Hall–Kier alpha value is -3.75. The Kier molecular flexibility index (Phi) is 9.38. The van der Waals surface area contributed by atoms with Gasteiger partial charge in [0.15, 0.2) is 29.7 Å². The Morgan fingerprint density at radius 3 is 2.02 bits per heavy atom. The molecule has 3 heterocycles. The number of aliphatic hydroxyl groups is 7. The second-order valence-corrected chi connectivity index (χ2v) is 10.4. The van der Waals surface area contributed by atoms with E-state index in [0.717, 1.165) is 18.2 Å². The molecule has 1 aromatic heterocycles. The number of phenols is 3. The predicted octanol–water partition coefficient (Wildman–Crippen LogP) is -2.41. The molecule has 3 aromatic rings. The molecular weight excluding hydrogens is 608 g/mol. The Bertz CT molecular complexity index is 1570. The molecule has 2 fully saturated rings. The molecule has 246 valence electrons. The van der Waals surface area contributed by atoms with Crippen LogP contribution in [-0.2, 0) is 14.2 Å². The summed E-state index contributed by atoms with van der Waals surface area (Å²) in [6, 6.07) is 5.79. The number of fused-ring (bicyclic) bond motifs is 1. The molecule has 0 unspecified atom stereocenters. The average molecular weight is 641 g/mol. The Balaban J connectivity index is 1.62. The van der Waals surface area contributed by atoms with Gasteiger partial charge in [-0.1, -0.05) is 0 Å². The lowest BCUT2D eigenvalue weighted by Crippen LogP contribution is -2.65. The van der Waals surface area contributed by atoms with Crippen LogP contribution in [0.1, 0.15) is 0 Å². The summed E-state index contributed by atoms with van der Waals surface area (Å²) in [7, 11) is 1.31. The molecule has 0 bridgehead atoms. The van der Waals surface area contributed by atoms with Crippen molar-refractivity contribution in [1.82, 2.24) is 0 Å². The van der Waals surface area contributed by atoms with Gasteiger partial charge in [0, 0.05) is 17.7 Å². The number of methoxy groups -OCH3 is 1. The lowest BCUT2D eigenvalue weighted by molar-refractivity contribution is -0.358. The van der Waals surface area contributed by atoms with E-state index in [1.165, 1.54) is 19.2 Å². The van der Waals surface area contributed by atoms with Crippen LogP contribution in [0.4, 0.5) is 0 Å². The highest BCUT2D eigenvalue weighted by Crippen LogP contribution is 2.40. The molecule has 10 atom stereocenters. The summed E-state index contributed by atoms with van der Waals surface area (Å²) in [5, 5.41) is 102. The first-order chi connectivity index (χ1) is 21.4. The molecule has 2 aromatic carbocycles. The molecule has 45 heavy (non-hydrogen) atoms. The van der Waals surface area contributed by atoms with E-state index in [0.29, 0.717) is 0 Å². The van der Waals surface area contributed by atoms with Crippen LogP contribution < -0.4 is 14.9 Å². The van der Waals surface area contributed by atoms with E-state index >= 15 is 0 Å². The number of aromatic hydroxyl groups is 3. The smallest absolute Gasteiger partial charge is 0.239 e. The van der Waals surface area contributed by atoms with Gasteiger partial charge in [0.05, 0.1) is 20.3 Å². The topological polar surface area (TPSA) is 279 Å². The number of phenolic OH excluding ortho intramolecular Hbond substituents is 3.